The maximum absolute atomic E-state index is 12.7. The van der Waals surface area contributed by atoms with E-state index in [0.29, 0.717) is 5.52 Å². The molecule has 104 valence electrons. The summed E-state index contributed by atoms with van der Waals surface area (Å²) in [4.78, 5) is 15.6. The van der Waals surface area contributed by atoms with Gasteiger partial charge in [-0.15, -0.1) is 0 Å². The first-order chi connectivity index (χ1) is 9.59. The van der Waals surface area contributed by atoms with E-state index >= 15 is 0 Å². The summed E-state index contributed by atoms with van der Waals surface area (Å²) in [6.45, 7) is 0.509. The molecule has 5 nitrogen and oxygen atoms in total. The number of piperidine rings is 1. The average Bonchev–Trinajstić information content (AvgIpc) is 2.47. The lowest BCUT2D eigenvalue weighted by atomic mass is 10.1. The molecule has 0 bridgehead atoms. The Bertz CT molecular complexity index is 756. The number of rotatable bonds is 2. The van der Waals surface area contributed by atoms with Crippen LogP contribution in [0, 0.1) is 0 Å². The van der Waals surface area contributed by atoms with Crippen LogP contribution in [0.2, 0.25) is 0 Å². The van der Waals surface area contributed by atoms with Crippen molar-refractivity contribution >= 4 is 26.7 Å². The molecule has 2 heterocycles. The predicted molar refractivity (Wildman–Crippen MR) is 74.7 cm³/mol. The van der Waals surface area contributed by atoms with Crippen LogP contribution < -0.4 is 0 Å². The number of pyridine rings is 1. The molecule has 20 heavy (non-hydrogen) atoms. The van der Waals surface area contributed by atoms with Crippen molar-refractivity contribution in [3.8, 4) is 0 Å². The number of ketones is 1. The van der Waals surface area contributed by atoms with Crippen molar-refractivity contribution in [2.45, 2.75) is 17.7 Å². The van der Waals surface area contributed by atoms with Crippen molar-refractivity contribution in [2.75, 3.05) is 13.1 Å². The van der Waals surface area contributed by atoms with Crippen LogP contribution in [0.3, 0.4) is 0 Å². The molecule has 1 saturated heterocycles. The van der Waals surface area contributed by atoms with Gasteiger partial charge >= 0.3 is 0 Å². The molecule has 0 N–H and O–H groups in total. The number of para-hydroxylation sites is 1. The van der Waals surface area contributed by atoms with E-state index in [2.05, 4.69) is 4.98 Å². The zero-order valence-electron chi connectivity index (χ0n) is 10.8. The third kappa shape index (κ3) is 2.21. The summed E-state index contributed by atoms with van der Waals surface area (Å²) in [7, 11) is -3.59. The Morgan fingerprint density at radius 3 is 2.50 bits per heavy atom. The van der Waals surface area contributed by atoms with Crippen molar-refractivity contribution in [3.63, 3.8) is 0 Å². The Labute approximate surface area is 117 Å². The van der Waals surface area contributed by atoms with Crippen LogP contribution in [0.25, 0.3) is 10.9 Å². The van der Waals surface area contributed by atoms with Crippen molar-refractivity contribution in [1.29, 1.82) is 0 Å². The molecule has 6 heteroatoms. The lowest BCUT2D eigenvalue weighted by molar-refractivity contribution is -0.120. The Morgan fingerprint density at radius 1 is 1.05 bits per heavy atom. The monoisotopic (exact) mass is 290 g/mol. The van der Waals surface area contributed by atoms with Gasteiger partial charge in [-0.3, -0.25) is 9.78 Å². The first-order valence-electron chi connectivity index (χ1n) is 6.44. The quantitative estimate of drug-likeness (QED) is 0.842. The van der Waals surface area contributed by atoms with Gasteiger partial charge in [-0.2, -0.15) is 4.31 Å². The fourth-order valence-electron chi connectivity index (χ4n) is 2.40. The number of carbonyl (C=O) groups excluding carboxylic acids is 1. The minimum Gasteiger partial charge on any atom is -0.300 e. The zero-order chi connectivity index (χ0) is 14.2. The first-order valence-corrected chi connectivity index (χ1v) is 7.88. The second kappa shape index (κ2) is 4.96. The minimum atomic E-state index is -3.59. The smallest absolute Gasteiger partial charge is 0.245 e. The van der Waals surface area contributed by atoms with E-state index in [9.17, 15) is 13.2 Å². The van der Waals surface area contributed by atoms with Gasteiger partial charge in [-0.05, 0) is 12.1 Å². The number of sulfonamides is 1. The SMILES string of the molecule is O=C1CCN(S(=O)(=O)c2cccc3cccnc23)CC1. The van der Waals surface area contributed by atoms with Gasteiger partial charge in [0.15, 0.2) is 0 Å². The number of fused-ring (bicyclic) bond motifs is 1. The van der Waals surface area contributed by atoms with Gasteiger partial charge in [-0.1, -0.05) is 18.2 Å². The van der Waals surface area contributed by atoms with E-state index in [1.165, 1.54) is 4.31 Å². The molecule has 0 unspecified atom stereocenters. The van der Waals surface area contributed by atoms with E-state index < -0.39 is 10.0 Å². The minimum absolute atomic E-state index is 0.118. The molecule has 0 spiro atoms. The van der Waals surface area contributed by atoms with Gasteiger partial charge in [0, 0.05) is 37.5 Å². The van der Waals surface area contributed by atoms with Crippen LogP contribution in [0.15, 0.2) is 41.4 Å². The number of nitrogens with zero attached hydrogens (tertiary/aromatic N) is 2. The molecule has 0 radical (unpaired) electrons. The highest BCUT2D eigenvalue weighted by Crippen LogP contribution is 2.25. The van der Waals surface area contributed by atoms with E-state index in [0.717, 1.165) is 5.39 Å². The van der Waals surface area contributed by atoms with Crippen LogP contribution in [0.5, 0.6) is 0 Å². The van der Waals surface area contributed by atoms with Crippen molar-refractivity contribution in [2.24, 2.45) is 0 Å². The largest absolute Gasteiger partial charge is 0.300 e. The summed E-state index contributed by atoms with van der Waals surface area (Å²) in [5, 5.41) is 0.793. The van der Waals surface area contributed by atoms with E-state index in [-0.39, 0.29) is 36.6 Å². The molecule has 3 rings (SSSR count). The molecule has 1 aromatic heterocycles. The molecule has 1 fully saturated rings. The van der Waals surface area contributed by atoms with E-state index in [1.807, 2.05) is 12.1 Å². The van der Waals surface area contributed by atoms with Gasteiger partial charge in [0.05, 0.1) is 5.52 Å². The second-order valence-corrected chi connectivity index (χ2v) is 6.68. The Hall–Kier alpha value is -1.79. The molecule has 0 aliphatic carbocycles. The van der Waals surface area contributed by atoms with E-state index in [1.54, 1.807) is 24.4 Å². The molecule has 0 saturated carbocycles. The average molecular weight is 290 g/mol. The summed E-state index contributed by atoms with van der Waals surface area (Å²) >= 11 is 0. The normalized spacial score (nSPS) is 17.5. The predicted octanol–water partition coefficient (Wildman–Crippen LogP) is 1.59. The maximum Gasteiger partial charge on any atom is 0.245 e. The third-order valence-electron chi connectivity index (χ3n) is 3.49. The molecular weight excluding hydrogens is 276 g/mol. The number of carbonyl (C=O) groups is 1. The van der Waals surface area contributed by atoms with Crippen LogP contribution in [-0.4, -0.2) is 36.6 Å². The Kier molecular flexibility index (Phi) is 3.27. The summed E-state index contributed by atoms with van der Waals surface area (Å²) in [5.74, 6) is 0.118. The summed E-state index contributed by atoms with van der Waals surface area (Å²) < 4.78 is 26.7. The van der Waals surface area contributed by atoms with Crippen LogP contribution in [0.4, 0.5) is 0 Å². The number of hydrogen-bond donors (Lipinski definition) is 0. The number of aromatic nitrogens is 1. The number of benzene rings is 1. The lowest BCUT2D eigenvalue weighted by Crippen LogP contribution is -2.38. The summed E-state index contributed by atoms with van der Waals surface area (Å²) in [6, 6.07) is 8.73. The zero-order valence-corrected chi connectivity index (χ0v) is 11.6. The number of hydrogen-bond acceptors (Lipinski definition) is 4. The Morgan fingerprint density at radius 2 is 1.75 bits per heavy atom. The molecule has 1 aliphatic heterocycles. The third-order valence-corrected chi connectivity index (χ3v) is 5.42. The van der Waals surface area contributed by atoms with E-state index in [4.69, 9.17) is 0 Å². The van der Waals surface area contributed by atoms with Gasteiger partial charge in [0.1, 0.15) is 10.7 Å². The second-order valence-electron chi connectivity index (χ2n) is 4.77. The number of Topliss-reactive ketones (excluding diaryl/α,β-unsaturated/α-hetero) is 1. The summed E-state index contributed by atoms with van der Waals surface area (Å²) in [6.07, 6.45) is 2.16. The van der Waals surface area contributed by atoms with Gasteiger partial charge in [-0.25, -0.2) is 8.42 Å². The molecule has 0 atom stereocenters. The standard InChI is InChI=1S/C14H14N2O3S/c17-12-6-9-16(10-7-12)20(18,19)13-5-1-3-11-4-2-8-15-14(11)13/h1-5,8H,6-7,9-10H2. The highest BCUT2D eigenvalue weighted by atomic mass is 32.2. The van der Waals surface area contributed by atoms with Crippen molar-refractivity contribution in [3.05, 3.63) is 36.5 Å². The van der Waals surface area contributed by atoms with Gasteiger partial charge < -0.3 is 0 Å². The van der Waals surface area contributed by atoms with Gasteiger partial charge in [0.25, 0.3) is 0 Å². The Balaban J connectivity index is 2.08. The maximum atomic E-state index is 12.7. The van der Waals surface area contributed by atoms with Crippen molar-refractivity contribution < 1.29 is 13.2 Å². The molecule has 0 amide bonds. The molecule has 1 aliphatic rings. The van der Waals surface area contributed by atoms with Crippen LogP contribution in [-0.2, 0) is 14.8 Å². The topological polar surface area (TPSA) is 67.3 Å². The molecule has 2 aromatic rings. The molecular formula is C14H14N2O3S. The van der Waals surface area contributed by atoms with Crippen molar-refractivity contribution in [1.82, 2.24) is 9.29 Å². The fraction of sp³-hybridized carbons (Fsp3) is 0.286. The van der Waals surface area contributed by atoms with Crippen LogP contribution in [0.1, 0.15) is 12.8 Å². The fourth-order valence-corrected chi connectivity index (χ4v) is 4.01. The van der Waals surface area contributed by atoms with Crippen LogP contribution >= 0.6 is 0 Å². The lowest BCUT2D eigenvalue weighted by Gasteiger charge is -2.25. The highest BCUT2D eigenvalue weighted by molar-refractivity contribution is 7.89. The highest BCUT2D eigenvalue weighted by Gasteiger charge is 2.29. The van der Waals surface area contributed by atoms with Gasteiger partial charge in [0.2, 0.25) is 10.0 Å². The first kappa shape index (κ1) is 13.2. The molecule has 1 aromatic carbocycles. The summed E-state index contributed by atoms with van der Waals surface area (Å²) in [5.41, 5.74) is 0.479.